The van der Waals surface area contributed by atoms with Gasteiger partial charge >= 0.3 is 0 Å². The number of methoxy groups -OCH3 is 1. The molecule has 3 aromatic rings. The monoisotopic (exact) mass is 342 g/mol. The Morgan fingerprint density at radius 1 is 1.32 bits per heavy atom. The third-order valence-electron chi connectivity index (χ3n) is 4.82. The van der Waals surface area contributed by atoms with Crippen LogP contribution in [0.1, 0.15) is 31.7 Å². The van der Waals surface area contributed by atoms with Crippen LogP contribution in [0.3, 0.4) is 0 Å². The largest absolute Gasteiger partial charge is 0.383 e. The van der Waals surface area contributed by atoms with Gasteiger partial charge in [-0.3, -0.25) is 0 Å². The summed E-state index contributed by atoms with van der Waals surface area (Å²) in [7, 11) is 1.68. The maximum atomic E-state index is 5.15. The summed E-state index contributed by atoms with van der Waals surface area (Å²) in [6, 6.07) is 8.39. The van der Waals surface area contributed by atoms with Gasteiger partial charge in [0.05, 0.1) is 18.7 Å². The Hall–Kier alpha value is -2.25. The van der Waals surface area contributed by atoms with Crippen molar-refractivity contribution in [1.82, 2.24) is 30.5 Å². The molecule has 2 heterocycles. The summed E-state index contributed by atoms with van der Waals surface area (Å²) in [5.74, 6) is 0.853. The molecule has 1 aromatic carbocycles. The molecule has 0 spiro atoms. The van der Waals surface area contributed by atoms with E-state index < -0.39 is 0 Å². The summed E-state index contributed by atoms with van der Waals surface area (Å²) in [4.78, 5) is 3.33. The first-order valence-corrected chi connectivity index (χ1v) is 8.73. The number of para-hydroxylation sites is 1. The maximum Gasteiger partial charge on any atom is 0.171 e. The lowest BCUT2D eigenvalue weighted by atomic mass is 9.97. The fraction of sp³-hybridized carbons (Fsp3) is 0.500. The number of rotatable bonds is 9. The summed E-state index contributed by atoms with van der Waals surface area (Å²) < 4.78 is 6.97. The van der Waals surface area contributed by atoms with Gasteiger partial charge in [-0.1, -0.05) is 25.1 Å². The summed E-state index contributed by atoms with van der Waals surface area (Å²) in [5.41, 5.74) is 2.23. The Morgan fingerprint density at radius 3 is 2.96 bits per heavy atom. The SMILES string of the molecule is CC[C@](C)(NCCc1c[nH]c2ccccc12)c1nnnn1CCOC. The van der Waals surface area contributed by atoms with Gasteiger partial charge in [0.25, 0.3) is 0 Å². The van der Waals surface area contributed by atoms with Crippen LogP contribution in [0.25, 0.3) is 10.9 Å². The lowest BCUT2D eigenvalue weighted by molar-refractivity contribution is 0.178. The van der Waals surface area contributed by atoms with Gasteiger partial charge in [-0.15, -0.1) is 5.10 Å². The molecule has 0 bridgehead atoms. The van der Waals surface area contributed by atoms with Gasteiger partial charge in [0, 0.05) is 30.8 Å². The predicted molar refractivity (Wildman–Crippen MR) is 97.3 cm³/mol. The molecule has 0 unspecified atom stereocenters. The number of ether oxygens (including phenoxy) is 1. The number of aromatic amines is 1. The molecule has 0 fully saturated rings. The van der Waals surface area contributed by atoms with Gasteiger partial charge < -0.3 is 15.0 Å². The van der Waals surface area contributed by atoms with Crippen molar-refractivity contribution in [2.45, 2.75) is 38.8 Å². The molecule has 0 radical (unpaired) electrons. The van der Waals surface area contributed by atoms with Crippen molar-refractivity contribution in [3.05, 3.63) is 41.9 Å². The Bertz CT molecular complexity index is 811. The van der Waals surface area contributed by atoms with E-state index in [0.717, 1.165) is 25.2 Å². The number of nitrogens with zero attached hydrogens (tertiary/aromatic N) is 4. The average Bonchev–Trinajstić information content (AvgIpc) is 3.27. The van der Waals surface area contributed by atoms with E-state index in [-0.39, 0.29) is 5.54 Å². The zero-order chi connectivity index (χ0) is 17.7. The van der Waals surface area contributed by atoms with Gasteiger partial charge in [0.2, 0.25) is 0 Å². The molecule has 7 nitrogen and oxygen atoms in total. The smallest absolute Gasteiger partial charge is 0.171 e. The van der Waals surface area contributed by atoms with E-state index in [1.807, 2.05) is 4.68 Å². The number of hydrogen-bond donors (Lipinski definition) is 2. The summed E-state index contributed by atoms with van der Waals surface area (Å²) in [6.45, 7) is 6.39. The summed E-state index contributed by atoms with van der Waals surface area (Å²) in [6.07, 6.45) is 3.94. The maximum absolute atomic E-state index is 5.15. The Balaban J connectivity index is 1.68. The van der Waals surface area contributed by atoms with Crippen molar-refractivity contribution in [2.24, 2.45) is 0 Å². The molecule has 0 aliphatic carbocycles. The lowest BCUT2D eigenvalue weighted by Crippen LogP contribution is -2.42. The zero-order valence-electron chi connectivity index (χ0n) is 15.1. The van der Waals surface area contributed by atoms with Crippen molar-refractivity contribution < 1.29 is 4.74 Å². The van der Waals surface area contributed by atoms with Crippen molar-refractivity contribution in [2.75, 3.05) is 20.3 Å². The summed E-state index contributed by atoms with van der Waals surface area (Å²) in [5, 5.41) is 17.1. The number of nitrogens with one attached hydrogen (secondary N) is 2. The molecule has 134 valence electrons. The number of benzene rings is 1. The first-order valence-electron chi connectivity index (χ1n) is 8.73. The molecule has 1 atom stereocenters. The quantitative estimate of drug-likeness (QED) is 0.623. The van der Waals surface area contributed by atoms with Gasteiger partial charge in [-0.25, -0.2) is 4.68 Å². The topological polar surface area (TPSA) is 80.7 Å². The van der Waals surface area contributed by atoms with Crippen LogP contribution in [-0.2, 0) is 23.2 Å². The van der Waals surface area contributed by atoms with Gasteiger partial charge in [0.15, 0.2) is 5.82 Å². The first kappa shape index (κ1) is 17.6. The third-order valence-corrected chi connectivity index (χ3v) is 4.82. The van der Waals surface area contributed by atoms with Crippen molar-refractivity contribution in [1.29, 1.82) is 0 Å². The van der Waals surface area contributed by atoms with Crippen LogP contribution in [0.2, 0.25) is 0 Å². The van der Waals surface area contributed by atoms with Gasteiger partial charge in [-0.2, -0.15) is 0 Å². The molecule has 2 aromatic heterocycles. The Kier molecular flexibility index (Phi) is 5.45. The minimum Gasteiger partial charge on any atom is -0.383 e. The molecule has 7 heteroatoms. The molecule has 3 rings (SSSR count). The highest BCUT2D eigenvalue weighted by atomic mass is 16.5. The van der Waals surface area contributed by atoms with Crippen LogP contribution in [-0.4, -0.2) is 45.5 Å². The predicted octanol–water partition coefficient (Wildman–Crippen LogP) is 2.26. The minimum absolute atomic E-state index is 0.274. The second-order valence-electron chi connectivity index (χ2n) is 6.44. The number of aromatic nitrogens is 5. The molecule has 0 saturated carbocycles. The van der Waals surface area contributed by atoms with Crippen LogP contribution in [0, 0.1) is 0 Å². The van der Waals surface area contributed by atoms with Crippen LogP contribution < -0.4 is 5.32 Å². The van der Waals surface area contributed by atoms with Crippen molar-refractivity contribution >= 4 is 10.9 Å². The fourth-order valence-electron chi connectivity index (χ4n) is 3.10. The second-order valence-corrected chi connectivity index (χ2v) is 6.44. The standard InChI is InChI=1S/C18H26N6O/c1-4-18(2,17-21-22-23-24(17)11-12-25-3)20-10-9-14-13-19-16-8-6-5-7-15(14)16/h5-8,13,19-20H,4,9-12H2,1-3H3/t18-/m0/s1. The highest BCUT2D eigenvalue weighted by Crippen LogP contribution is 2.23. The highest BCUT2D eigenvalue weighted by Gasteiger charge is 2.30. The number of H-pyrrole nitrogens is 1. The summed E-state index contributed by atoms with van der Waals surface area (Å²) >= 11 is 0. The fourth-order valence-corrected chi connectivity index (χ4v) is 3.10. The van der Waals surface area contributed by atoms with E-state index in [2.05, 4.69) is 70.1 Å². The van der Waals surface area contributed by atoms with E-state index in [1.54, 1.807) is 7.11 Å². The Morgan fingerprint density at radius 2 is 2.16 bits per heavy atom. The molecule has 0 amide bonds. The molecule has 0 saturated heterocycles. The van der Waals surface area contributed by atoms with E-state index in [0.29, 0.717) is 13.2 Å². The van der Waals surface area contributed by atoms with Crippen LogP contribution in [0.5, 0.6) is 0 Å². The van der Waals surface area contributed by atoms with E-state index in [4.69, 9.17) is 4.74 Å². The Labute approximate surface area is 147 Å². The van der Waals surface area contributed by atoms with Crippen LogP contribution in [0.4, 0.5) is 0 Å². The number of hydrogen-bond acceptors (Lipinski definition) is 5. The zero-order valence-corrected chi connectivity index (χ0v) is 15.1. The van der Waals surface area contributed by atoms with Crippen molar-refractivity contribution in [3.63, 3.8) is 0 Å². The molecule has 2 N–H and O–H groups in total. The highest BCUT2D eigenvalue weighted by molar-refractivity contribution is 5.83. The second kappa shape index (κ2) is 7.76. The van der Waals surface area contributed by atoms with Crippen LogP contribution >= 0.6 is 0 Å². The normalized spacial score (nSPS) is 14.0. The number of fused-ring (bicyclic) bond motifs is 1. The van der Waals surface area contributed by atoms with E-state index in [9.17, 15) is 0 Å². The third kappa shape index (κ3) is 3.72. The first-order chi connectivity index (χ1) is 12.2. The van der Waals surface area contributed by atoms with Crippen LogP contribution in [0.15, 0.2) is 30.5 Å². The van der Waals surface area contributed by atoms with E-state index >= 15 is 0 Å². The molecule has 0 aliphatic rings. The van der Waals surface area contributed by atoms with Crippen molar-refractivity contribution in [3.8, 4) is 0 Å². The average molecular weight is 342 g/mol. The van der Waals surface area contributed by atoms with Gasteiger partial charge in [-0.05, 0) is 41.8 Å². The molecule has 0 aliphatic heterocycles. The molecular weight excluding hydrogens is 316 g/mol. The van der Waals surface area contributed by atoms with Gasteiger partial charge in [0.1, 0.15) is 0 Å². The number of tetrazole rings is 1. The lowest BCUT2D eigenvalue weighted by Gasteiger charge is -2.28. The van der Waals surface area contributed by atoms with E-state index in [1.165, 1.54) is 16.5 Å². The molecule has 25 heavy (non-hydrogen) atoms. The molecular formula is C18H26N6O. The minimum atomic E-state index is -0.274.